The summed E-state index contributed by atoms with van der Waals surface area (Å²) in [6.07, 6.45) is 3.14. The molecule has 0 aliphatic carbocycles. The van der Waals surface area contributed by atoms with Gasteiger partial charge in [0.15, 0.2) is 5.69 Å². The predicted octanol–water partition coefficient (Wildman–Crippen LogP) is 4.04. The first-order valence-electron chi connectivity index (χ1n) is 9.62. The Bertz CT molecular complexity index is 1160. The molecule has 0 spiro atoms. The number of amides is 1. The lowest BCUT2D eigenvalue weighted by Gasteiger charge is -2.23. The number of carbonyl (C=O) groups is 2. The average Bonchev–Trinajstić information content (AvgIpc) is 3.38. The van der Waals surface area contributed by atoms with Crippen LogP contribution in [0.3, 0.4) is 0 Å². The maximum absolute atomic E-state index is 13.2. The van der Waals surface area contributed by atoms with Crippen molar-refractivity contribution in [2.75, 3.05) is 13.7 Å². The molecule has 152 valence electrons. The van der Waals surface area contributed by atoms with Gasteiger partial charge in [-0.05, 0) is 49.2 Å². The zero-order valence-corrected chi connectivity index (χ0v) is 16.9. The number of methoxy groups -OCH3 is 1. The van der Waals surface area contributed by atoms with Crippen molar-refractivity contribution in [3.05, 3.63) is 70.8 Å². The second-order valence-corrected chi connectivity index (χ2v) is 7.61. The van der Waals surface area contributed by atoms with Gasteiger partial charge in [0.1, 0.15) is 17.8 Å². The van der Waals surface area contributed by atoms with Gasteiger partial charge in [0, 0.05) is 6.54 Å². The summed E-state index contributed by atoms with van der Waals surface area (Å²) in [5.41, 5.74) is 1.90. The fourth-order valence-electron chi connectivity index (χ4n) is 4.19. The molecule has 8 heteroatoms. The first-order chi connectivity index (χ1) is 14.6. The van der Waals surface area contributed by atoms with Crippen molar-refractivity contribution < 1.29 is 19.1 Å². The van der Waals surface area contributed by atoms with E-state index in [0.717, 1.165) is 12.8 Å². The van der Waals surface area contributed by atoms with Crippen LogP contribution in [0.4, 0.5) is 0 Å². The third-order valence-electron chi connectivity index (χ3n) is 5.56. The highest BCUT2D eigenvalue weighted by molar-refractivity contribution is 6.34. The Morgan fingerprint density at radius 3 is 2.70 bits per heavy atom. The van der Waals surface area contributed by atoms with Gasteiger partial charge in [0.2, 0.25) is 0 Å². The molecule has 1 fully saturated rings. The molecule has 0 unspecified atom stereocenters. The average molecular weight is 424 g/mol. The molecule has 0 N–H and O–H groups in total. The van der Waals surface area contributed by atoms with E-state index in [1.165, 1.54) is 0 Å². The van der Waals surface area contributed by atoms with Crippen LogP contribution in [-0.2, 0) is 0 Å². The molecule has 2 aliphatic heterocycles. The molecule has 2 aromatic carbocycles. The Kier molecular flexibility index (Phi) is 4.47. The number of nitrogens with zero attached hydrogens (tertiary/aromatic N) is 3. The van der Waals surface area contributed by atoms with Gasteiger partial charge in [-0.1, -0.05) is 17.7 Å². The molecule has 0 saturated carbocycles. The largest absolute Gasteiger partial charge is 0.497 e. The standard InChI is InChI=1S/C22H18ClN3O4/c1-29-13-7-9-14(10-8-13)30-22(28)19-20-17-6-3-11-25(17)21(27)18-15(23)4-2-5-16(18)26(20)12-24-19/h2,4-5,7-10,12,17H,3,6,11H2,1H3/t17-/m0/s1. The smallest absolute Gasteiger partial charge is 0.364 e. The highest BCUT2D eigenvalue weighted by Crippen LogP contribution is 2.41. The molecular weight excluding hydrogens is 406 g/mol. The summed E-state index contributed by atoms with van der Waals surface area (Å²) in [5.74, 6) is 0.355. The van der Waals surface area contributed by atoms with Crippen molar-refractivity contribution in [1.82, 2.24) is 14.5 Å². The molecule has 1 atom stereocenters. The number of ether oxygens (including phenoxy) is 2. The third-order valence-corrected chi connectivity index (χ3v) is 5.88. The molecule has 3 heterocycles. The van der Waals surface area contributed by atoms with E-state index in [4.69, 9.17) is 21.1 Å². The van der Waals surface area contributed by atoms with Gasteiger partial charge in [-0.3, -0.25) is 9.36 Å². The first kappa shape index (κ1) is 18.7. The lowest BCUT2D eigenvalue weighted by atomic mass is 10.1. The lowest BCUT2D eigenvalue weighted by Crippen LogP contribution is -2.30. The number of halogens is 1. The first-order valence-corrected chi connectivity index (χ1v) is 9.99. The van der Waals surface area contributed by atoms with Crippen LogP contribution in [0.15, 0.2) is 48.8 Å². The minimum absolute atomic E-state index is 0.128. The third kappa shape index (κ3) is 2.85. The summed E-state index contributed by atoms with van der Waals surface area (Å²) < 4.78 is 12.5. The van der Waals surface area contributed by atoms with Gasteiger partial charge in [-0.15, -0.1) is 0 Å². The number of benzene rings is 2. The summed E-state index contributed by atoms with van der Waals surface area (Å²) in [5, 5.41) is 0.382. The van der Waals surface area contributed by atoms with Gasteiger partial charge < -0.3 is 14.4 Å². The van der Waals surface area contributed by atoms with Gasteiger partial charge in [-0.2, -0.15) is 0 Å². The van der Waals surface area contributed by atoms with Crippen molar-refractivity contribution >= 4 is 23.5 Å². The van der Waals surface area contributed by atoms with Crippen LogP contribution in [0.1, 0.15) is 45.4 Å². The van der Waals surface area contributed by atoms with Crippen molar-refractivity contribution in [2.45, 2.75) is 18.9 Å². The van der Waals surface area contributed by atoms with E-state index < -0.39 is 5.97 Å². The molecule has 0 bridgehead atoms. The van der Waals surface area contributed by atoms with Gasteiger partial charge in [0.25, 0.3) is 5.91 Å². The number of fused-ring (bicyclic) bond motifs is 5. The molecule has 3 aromatic rings. The summed E-state index contributed by atoms with van der Waals surface area (Å²) in [4.78, 5) is 32.4. The highest BCUT2D eigenvalue weighted by Gasteiger charge is 2.41. The second-order valence-electron chi connectivity index (χ2n) is 7.20. The fraction of sp³-hybridized carbons (Fsp3) is 0.227. The van der Waals surface area contributed by atoms with Gasteiger partial charge in [-0.25, -0.2) is 9.78 Å². The molecule has 1 saturated heterocycles. The Labute approximate surface area is 177 Å². The Hall–Kier alpha value is -3.32. The molecule has 2 aliphatic rings. The lowest BCUT2D eigenvalue weighted by molar-refractivity contribution is 0.0701. The molecule has 0 radical (unpaired) electrons. The number of hydrogen-bond acceptors (Lipinski definition) is 5. The van der Waals surface area contributed by atoms with E-state index in [-0.39, 0.29) is 17.6 Å². The van der Waals surface area contributed by atoms with Crippen molar-refractivity contribution in [3.8, 4) is 17.2 Å². The van der Waals surface area contributed by atoms with E-state index in [0.29, 0.717) is 40.0 Å². The monoisotopic (exact) mass is 423 g/mol. The maximum atomic E-state index is 13.2. The molecular formula is C22H18ClN3O4. The quantitative estimate of drug-likeness (QED) is 0.469. The molecule has 7 nitrogen and oxygen atoms in total. The van der Waals surface area contributed by atoms with E-state index in [9.17, 15) is 9.59 Å². The summed E-state index contributed by atoms with van der Waals surface area (Å²) in [6.45, 7) is 0.603. The van der Waals surface area contributed by atoms with Crippen LogP contribution in [0.25, 0.3) is 5.69 Å². The topological polar surface area (TPSA) is 73.7 Å². The number of esters is 1. The number of aromatic nitrogens is 2. The summed E-state index contributed by atoms with van der Waals surface area (Å²) >= 11 is 6.38. The van der Waals surface area contributed by atoms with Crippen LogP contribution in [0, 0.1) is 0 Å². The van der Waals surface area contributed by atoms with E-state index in [1.54, 1.807) is 59.3 Å². The molecule has 1 aromatic heterocycles. The van der Waals surface area contributed by atoms with Crippen molar-refractivity contribution in [1.29, 1.82) is 0 Å². The number of imidazole rings is 1. The Morgan fingerprint density at radius 1 is 1.17 bits per heavy atom. The van der Waals surface area contributed by atoms with Gasteiger partial charge >= 0.3 is 5.97 Å². The van der Waals surface area contributed by atoms with Crippen LogP contribution in [0.5, 0.6) is 11.5 Å². The van der Waals surface area contributed by atoms with Gasteiger partial charge in [0.05, 0.1) is 35.1 Å². The second kappa shape index (κ2) is 7.18. The van der Waals surface area contributed by atoms with E-state index >= 15 is 0 Å². The Morgan fingerprint density at radius 2 is 1.93 bits per heavy atom. The summed E-state index contributed by atoms with van der Waals surface area (Å²) in [6, 6.07) is 11.8. The zero-order chi connectivity index (χ0) is 20.8. The minimum atomic E-state index is -0.571. The van der Waals surface area contributed by atoms with Crippen LogP contribution >= 0.6 is 11.6 Å². The van der Waals surface area contributed by atoms with Crippen LogP contribution < -0.4 is 9.47 Å². The fourth-order valence-corrected chi connectivity index (χ4v) is 4.44. The zero-order valence-electron chi connectivity index (χ0n) is 16.2. The van der Waals surface area contributed by atoms with Crippen LogP contribution in [0.2, 0.25) is 5.02 Å². The normalized spacial score (nSPS) is 17.1. The minimum Gasteiger partial charge on any atom is -0.497 e. The molecule has 1 amide bonds. The Balaban J connectivity index is 1.59. The number of hydrogen-bond donors (Lipinski definition) is 0. The SMILES string of the molecule is COc1ccc(OC(=O)c2ncn3c2[C@@H]2CCCN2C(=O)c2c(Cl)cccc2-3)cc1. The predicted molar refractivity (Wildman–Crippen MR) is 110 cm³/mol. The van der Waals surface area contributed by atoms with E-state index in [2.05, 4.69) is 4.98 Å². The highest BCUT2D eigenvalue weighted by atomic mass is 35.5. The molecule has 5 rings (SSSR count). The number of rotatable bonds is 3. The van der Waals surface area contributed by atoms with Crippen molar-refractivity contribution in [2.24, 2.45) is 0 Å². The molecule has 30 heavy (non-hydrogen) atoms. The maximum Gasteiger partial charge on any atom is 0.364 e. The summed E-state index contributed by atoms with van der Waals surface area (Å²) in [7, 11) is 1.57. The van der Waals surface area contributed by atoms with Crippen molar-refractivity contribution in [3.63, 3.8) is 0 Å². The number of carbonyl (C=O) groups excluding carboxylic acids is 2. The van der Waals surface area contributed by atoms with Crippen LogP contribution in [-0.4, -0.2) is 40.0 Å². The van der Waals surface area contributed by atoms with E-state index in [1.807, 2.05) is 6.07 Å².